The van der Waals surface area contributed by atoms with E-state index in [1.807, 2.05) is 4.98 Å². The average molecular weight is 632 g/mol. The molecule has 3 aliphatic heterocycles. The number of halogens is 1. The highest BCUT2D eigenvalue weighted by molar-refractivity contribution is 7.48. The number of phosphoric acid groups is 1. The molecule has 1 aromatic heterocycles. The van der Waals surface area contributed by atoms with E-state index in [2.05, 4.69) is 4.74 Å². The van der Waals surface area contributed by atoms with Gasteiger partial charge in [0, 0.05) is 12.3 Å². The average Bonchev–Trinajstić information content (AvgIpc) is 3.08. The van der Waals surface area contributed by atoms with Gasteiger partial charge in [-0.15, -0.1) is 0 Å². The van der Waals surface area contributed by atoms with Gasteiger partial charge in [-0.2, -0.15) is 0 Å². The number of aromatic amines is 1. The van der Waals surface area contributed by atoms with Crippen LogP contribution in [0.15, 0.2) is 21.9 Å². The second-order valence-electron chi connectivity index (χ2n) is 9.47. The Labute approximate surface area is 235 Å². The van der Waals surface area contributed by atoms with E-state index in [0.29, 0.717) is 4.57 Å². The number of nitrogens with one attached hydrogen (secondary N) is 1. The van der Waals surface area contributed by atoms with Crippen molar-refractivity contribution in [1.82, 2.24) is 9.55 Å². The quantitative estimate of drug-likeness (QED) is 0.0948. The zero-order valence-electron chi connectivity index (χ0n) is 22.0. The van der Waals surface area contributed by atoms with Crippen LogP contribution in [-0.4, -0.2) is 120 Å². The summed E-state index contributed by atoms with van der Waals surface area (Å²) in [4.78, 5) is 37.4. The fourth-order valence-corrected chi connectivity index (χ4v) is 4.79. The first kappa shape index (κ1) is 32.6. The van der Waals surface area contributed by atoms with Crippen LogP contribution in [0.2, 0.25) is 0 Å². The van der Waals surface area contributed by atoms with Gasteiger partial charge in [0.05, 0.1) is 33.0 Å². The van der Waals surface area contributed by atoms with Crippen LogP contribution in [0.3, 0.4) is 0 Å². The van der Waals surface area contributed by atoms with E-state index < -0.39 is 94.3 Å². The van der Waals surface area contributed by atoms with E-state index in [1.54, 1.807) is 0 Å². The predicted octanol–water partition coefficient (Wildman–Crippen LogP) is -1.78. The first-order chi connectivity index (χ1) is 19.9. The summed E-state index contributed by atoms with van der Waals surface area (Å²) in [5, 5.41) is 31.5. The smallest absolute Gasteiger partial charge is 0.426 e. The minimum absolute atomic E-state index is 0.152. The molecule has 3 aliphatic rings. The number of rotatable bonds is 15. The van der Waals surface area contributed by atoms with E-state index in [9.17, 15) is 38.7 Å². The van der Waals surface area contributed by atoms with Crippen LogP contribution in [0.4, 0.5) is 9.18 Å². The summed E-state index contributed by atoms with van der Waals surface area (Å²) in [6, 6.07) is 0.925. The molecule has 19 nitrogen and oxygen atoms in total. The molecule has 4 heterocycles. The van der Waals surface area contributed by atoms with Crippen molar-refractivity contribution in [3.05, 3.63) is 33.1 Å². The first-order valence-electron chi connectivity index (χ1n) is 12.3. The largest absolute Gasteiger partial charge is 0.510 e. The Morgan fingerprint density at radius 3 is 2.45 bits per heavy atom. The molecule has 0 amide bonds. The van der Waals surface area contributed by atoms with Gasteiger partial charge in [0.15, 0.2) is 24.7 Å². The minimum Gasteiger partial charge on any atom is -0.426 e. The first-order valence-corrected chi connectivity index (χ1v) is 13.8. The number of hydrogen-bond acceptors (Lipinski definition) is 17. The van der Waals surface area contributed by atoms with Gasteiger partial charge >= 0.3 is 19.7 Å². The maximum atomic E-state index is 14.4. The molecule has 2 unspecified atom stereocenters. The van der Waals surface area contributed by atoms with Crippen molar-refractivity contribution < 1.29 is 75.8 Å². The lowest BCUT2D eigenvalue weighted by atomic mass is 9.88. The molecular formula is C21H30FN2O17P. The van der Waals surface area contributed by atoms with Crippen LogP contribution in [0.25, 0.3) is 0 Å². The second-order valence-corrected chi connectivity index (χ2v) is 11.1. The molecule has 4 rings (SSSR count). The zero-order valence-corrected chi connectivity index (χ0v) is 22.9. The molecule has 0 radical (unpaired) electrons. The van der Waals surface area contributed by atoms with Gasteiger partial charge in [-0.25, -0.2) is 23.1 Å². The van der Waals surface area contributed by atoms with Crippen LogP contribution in [0.5, 0.6) is 0 Å². The summed E-state index contributed by atoms with van der Waals surface area (Å²) in [7, 11) is -4.90. The summed E-state index contributed by atoms with van der Waals surface area (Å²) in [6.07, 6.45) is -5.13. The van der Waals surface area contributed by atoms with Crippen LogP contribution >= 0.6 is 7.82 Å². The molecule has 0 bridgehead atoms. The highest BCUT2D eigenvalue weighted by atomic mass is 31.2. The lowest BCUT2D eigenvalue weighted by Gasteiger charge is -2.31. The van der Waals surface area contributed by atoms with Gasteiger partial charge in [0.2, 0.25) is 6.79 Å². The number of alkyl halides is 1. The molecular weight excluding hydrogens is 602 g/mol. The van der Waals surface area contributed by atoms with Crippen LogP contribution < -0.4 is 11.2 Å². The fourth-order valence-electron chi connectivity index (χ4n) is 3.82. The molecule has 0 aromatic carbocycles. The Kier molecular flexibility index (Phi) is 10.5. The third-order valence-electron chi connectivity index (χ3n) is 6.29. The van der Waals surface area contributed by atoms with E-state index in [1.165, 1.54) is 0 Å². The van der Waals surface area contributed by atoms with E-state index in [-0.39, 0.29) is 26.4 Å². The number of ether oxygens (including phenoxy) is 7. The molecule has 4 N–H and O–H groups in total. The second kappa shape index (κ2) is 13.5. The van der Waals surface area contributed by atoms with Crippen molar-refractivity contribution >= 4 is 14.0 Å². The van der Waals surface area contributed by atoms with Crippen molar-refractivity contribution in [3.8, 4) is 0 Å². The fraction of sp³-hybridized carbons (Fsp3) is 0.762. The molecule has 3 saturated heterocycles. The monoisotopic (exact) mass is 632 g/mol. The Bertz CT molecular complexity index is 1240. The summed E-state index contributed by atoms with van der Waals surface area (Å²) >= 11 is 0. The van der Waals surface area contributed by atoms with Crippen LogP contribution in [0, 0.1) is 0 Å². The number of aromatic nitrogens is 2. The van der Waals surface area contributed by atoms with Crippen molar-refractivity contribution in [1.29, 1.82) is 0 Å². The Morgan fingerprint density at radius 1 is 1.19 bits per heavy atom. The normalized spacial score (nSPS) is 30.2. The van der Waals surface area contributed by atoms with Crippen molar-refractivity contribution in [2.24, 2.45) is 0 Å². The third-order valence-corrected chi connectivity index (χ3v) is 7.58. The van der Waals surface area contributed by atoms with Crippen molar-refractivity contribution in [2.75, 3.05) is 53.3 Å². The summed E-state index contributed by atoms with van der Waals surface area (Å²) in [5.74, 6) is 0. The standard InChI is InChI=1S/C21H30FN2O17P/c1-20(30)15(26)21(8-22,41-16(20)24-3-2-14(25)23-17(24)27)9-36-42(31,37-10-34-18(28)39-12-4-32-5-12)38-11-35-19(29)40-13-6-33-7-13/h2-3,12-13,15-16,18,26,28,30H,4-11H2,1H3,(H,23,25,27)/t15-,16+,18?,20+,21+,42?/m0/s1. The van der Waals surface area contributed by atoms with Gasteiger partial charge in [0.1, 0.15) is 24.5 Å². The Morgan fingerprint density at radius 2 is 1.86 bits per heavy atom. The van der Waals surface area contributed by atoms with E-state index >= 15 is 0 Å². The lowest BCUT2D eigenvalue weighted by molar-refractivity contribution is -0.324. The van der Waals surface area contributed by atoms with Crippen molar-refractivity contribution in [3.63, 3.8) is 0 Å². The van der Waals surface area contributed by atoms with Gasteiger partial charge < -0.3 is 48.5 Å². The Hall–Kier alpha value is -2.33. The molecule has 1 aromatic rings. The molecule has 0 aliphatic carbocycles. The highest BCUT2D eigenvalue weighted by Crippen LogP contribution is 2.52. The van der Waals surface area contributed by atoms with Gasteiger partial charge in [-0.3, -0.25) is 23.4 Å². The predicted molar refractivity (Wildman–Crippen MR) is 127 cm³/mol. The number of H-pyrrole nitrogens is 1. The lowest BCUT2D eigenvalue weighted by Crippen LogP contribution is -2.53. The number of nitrogens with zero attached hydrogens (tertiary/aromatic N) is 1. The molecule has 42 heavy (non-hydrogen) atoms. The number of carbonyl (C=O) groups excluding carboxylic acids is 1. The number of carbonyl (C=O) groups is 1. The summed E-state index contributed by atoms with van der Waals surface area (Å²) in [6.45, 7) is -4.85. The third kappa shape index (κ3) is 7.59. The number of phosphoric ester groups is 1. The minimum atomic E-state index is -4.90. The van der Waals surface area contributed by atoms with Gasteiger partial charge in [-0.05, 0) is 6.92 Å². The highest BCUT2D eigenvalue weighted by Gasteiger charge is 2.63. The van der Waals surface area contributed by atoms with E-state index in [0.717, 1.165) is 19.2 Å². The number of aliphatic hydroxyl groups is 3. The Balaban J connectivity index is 1.43. The molecule has 21 heteroatoms. The van der Waals surface area contributed by atoms with Crippen LogP contribution in [-0.2, 0) is 51.3 Å². The van der Waals surface area contributed by atoms with Gasteiger partial charge in [0.25, 0.3) is 12.0 Å². The molecule has 238 valence electrons. The topological polar surface area (TPSA) is 242 Å². The maximum Gasteiger partial charge on any atom is 0.510 e. The molecule has 6 atom stereocenters. The molecule has 0 spiro atoms. The maximum absolute atomic E-state index is 14.4. The molecule has 3 fully saturated rings. The number of aliphatic hydroxyl groups excluding tert-OH is 2. The van der Waals surface area contributed by atoms with E-state index in [4.69, 9.17) is 42.0 Å². The summed E-state index contributed by atoms with van der Waals surface area (Å²) < 4.78 is 78.1. The number of hydrogen-bond donors (Lipinski definition) is 4. The van der Waals surface area contributed by atoms with Crippen LogP contribution in [0.1, 0.15) is 13.2 Å². The SMILES string of the molecule is C[C@@]1(O)[C@H](O)[C@@](CF)(COP(=O)(OCOC(=O)OC2COC2)OCOC(O)OC2COC2)O[C@H]1n1ccc(=O)[nH]c1=O. The van der Waals surface area contributed by atoms with Crippen molar-refractivity contribution in [2.45, 2.75) is 49.1 Å². The zero-order chi connectivity index (χ0) is 30.5. The summed E-state index contributed by atoms with van der Waals surface area (Å²) in [5.41, 5.74) is -6.63. The molecule has 0 saturated carbocycles. The van der Waals surface area contributed by atoms with Gasteiger partial charge in [-0.1, -0.05) is 0 Å².